The molecule has 1 aromatic rings. The molecule has 0 radical (unpaired) electrons. The average molecular weight is 541 g/mol. The van der Waals surface area contributed by atoms with Crippen molar-refractivity contribution < 1.29 is 44.1 Å². The Bertz CT molecular complexity index is 961. The highest BCUT2D eigenvalue weighted by molar-refractivity contribution is 7.98. The molecule has 1 aromatic carbocycles. The average Bonchev–Trinajstić information content (AvgIpc) is 2.83. The maximum Gasteiger partial charge on any atom is 0.326 e. The molecule has 13 nitrogen and oxygen atoms in total. The second-order valence-electron chi connectivity index (χ2n) is 8.13. The Balaban J connectivity index is 3.12. The van der Waals surface area contributed by atoms with Gasteiger partial charge in [0.15, 0.2) is 0 Å². The van der Waals surface area contributed by atoms with E-state index in [9.17, 15) is 33.9 Å². The molecule has 0 saturated carbocycles. The van der Waals surface area contributed by atoms with Crippen molar-refractivity contribution in [1.29, 1.82) is 0 Å². The summed E-state index contributed by atoms with van der Waals surface area (Å²) in [6.45, 7) is 0. The third-order valence-corrected chi connectivity index (χ3v) is 5.80. The lowest BCUT2D eigenvalue weighted by Gasteiger charge is -2.25. The number of nitrogens with two attached hydrogens (primary N) is 1. The van der Waals surface area contributed by atoms with E-state index in [1.54, 1.807) is 36.6 Å². The molecule has 204 valence electrons. The van der Waals surface area contributed by atoms with Crippen LogP contribution in [0, 0.1) is 0 Å². The summed E-state index contributed by atoms with van der Waals surface area (Å²) in [5, 5.41) is 34.4. The van der Waals surface area contributed by atoms with Gasteiger partial charge in [0.2, 0.25) is 17.7 Å². The molecule has 0 aromatic heterocycles. The minimum absolute atomic E-state index is 0.0447. The summed E-state index contributed by atoms with van der Waals surface area (Å²) in [4.78, 5) is 71.9. The Labute approximate surface area is 217 Å². The van der Waals surface area contributed by atoms with E-state index in [0.717, 1.165) is 0 Å². The fourth-order valence-electron chi connectivity index (χ4n) is 3.19. The van der Waals surface area contributed by atoms with Crippen LogP contribution >= 0.6 is 11.8 Å². The molecule has 0 bridgehead atoms. The van der Waals surface area contributed by atoms with Gasteiger partial charge in [-0.25, -0.2) is 4.79 Å². The highest BCUT2D eigenvalue weighted by atomic mass is 32.2. The largest absolute Gasteiger partial charge is 0.481 e. The Morgan fingerprint density at radius 2 is 1.38 bits per heavy atom. The number of hydrogen-bond acceptors (Lipinski definition) is 8. The van der Waals surface area contributed by atoms with E-state index in [1.165, 1.54) is 11.8 Å². The van der Waals surface area contributed by atoms with E-state index >= 15 is 0 Å². The van der Waals surface area contributed by atoms with Gasteiger partial charge in [-0.05, 0) is 30.4 Å². The van der Waals surface area contributed by atoms with Gasteiger partial charge < -0.3 is 37.0 Å². The number of aliphatic carboxylic acids is 3. The van der Waals surface area contributed by atoms with E-state index in [1.807, 2.05) is 0 Å². The summed E-state index contributed by atoms with van der Waals surface area (Å²) in [5.74, 6) is -6.06. The minimum atomic E-state index is -1.44. The smallest absolute Gasteiger partial charge is 0.326 e. The van der Waals surface area contributed by atoms with Gasteiger partial charge in [-0.2, -0.15) is 11.8 Å². The number of carboxylic acids is 3. The zero-order valence-corrected chi connectivity index (χ0v) is 21.0. The van der Waals surface area contributed by atoms with Gasteiger partial charge in [0.25, 0.3) is 0 Å². The van der Waals surface area contributed by atoms with Gasteiger partial charge in [-0.1, -0.05) is 30.3 Å². The quantitative estimate of drug-likeness (QED) is 0.129. The highest BCUT2D eigenvalue weighted by Crippen LogP contribution is 2.08. The number of thioether (sulfide) groups is 1. The van der Waals surface area contributed by atoms with Crippen LogP contribution in [0.5, 0.6) is 0 Å². The molecule has 0 heterocycles. The summed E-state index contributed by atoms with van der Waals surface area (Å²) in [5.41, 5.74) is 6.23. The summed E-state index contributed by atoms with van der Waals surface area (Å²) in [6.07, 6.45) is 0.307. The molecule has 3 amide bonds. The maximum atomic E-state index is 13.1. The summed E-state index contributed by atoms with van der Waals surface area (Å²) >= 11 is 1.37. The zero-order chi connectivity index (χ0) is 28.0. The van der Waals surface area contributed by atoms with Crippen LogP contribution in [0.25, 0.3) is 0 Å². The highest BCUT2D eigenvalue weighted by Gasteiger charge is 2.31. The summed E-state index contributed by atoms with van der Waals surface area (Å²) < 4.78 is 0. The molecule has 1 rings (SSSR count). The van der Waals surface area contributed by atoms with Crippen molar-refractivity contribution in [3.63, 3.8) is 0 Å². The summed E-state index contributed by atoms with van der Waals surface area (Å²) in [6, 6.07) is 3.10. The predicted molar refractivity (Wildman–Crippen MR) is 134 cm³/mol. The monoisotopic (exact) mass is 540 g/mol. The number of carbonyl (C=O) groups is 6. The molecule has 0 aliphatic carbocycles. The molecular formula is C23H32N4O9S. The van der Waals surface area contributed by atoms with Crippen molar-refractivity contribution in [3.8, 4) is 0 Å². The minimum Gasteiger partial charge on any atom is -0.481 e. The summed E-state index contributed by atoms with van der Waals surface area (Å²) in [7, 11) is 0. The number of hydrogen-bond donors (Lipinski definition) is 7. The lowest BCUT2D eigenvalue weighted by atomic mass is 10.0. The van der Waals surface area contributed by atoms with Gasteiger partial charge in [-0.3, -0.25) is 24.0 Å². The van der Waals surface area contributed by atoms with Crippen molar-refractivity contribution in [2.75, 3.05) is 12.0 Å². The van der Waals surface area contributed by atoms with Crippen LogP contribution in [0.1, 0.15) is 31.2 Å². The van der Waals surface area contributed by atoms with Gasteiger partial charge >= 0.3 is 17.9 Å². The Morgan fingerprint density at radius 3 is 1.92 bits per heavy atom. The lowest BCUT2D eigenvalue weighted by molar-refractivity contribution is -0.143. The Morgan fingerprint density at radius 1 is 0.811 bits per heavy atom. The Hall–Kier alpha value is -3.65. The SMILES string of the molecule is CSCCC(NC(=O)C(CCC(=O)O)NC(=O)C(Cc1ccccc1)NC(=O)C(N)CC(=O)O)C(=O)O. The van der Waals surface area contributed by atoms with Gasteiger partial charge in [-0.15, -0.1) is 0 Å². The second-order valence-corrected chi connectivity index (χ2v) is 9.12. The number of carboxylic acid groups (broad SMARTS) is 3. The van der Waals surface area contributed by atoms with Crippen LogP contribution in [0.2, 0.25) is 0 Å². The van der Waals surface area contributed by atoms with Crippen molar-refractivity contribution in [2.24, 2.45) is 5.73 Å². The fraction of sp³-hybridized carbons (Fsp3) is 0.478. The third-order valence-electron chi connectivity index (χ3n) is 5.15. The van der Waals surface area contributed by atoms with Crippen LogP contribution in [-0.4, -0.2) is 87.1 Å². The third kappa shape index (κ3) is 12.2. The standard InChI is InChI=1S/C23H32N4O9S/c1-37-10-9-16(23(35)36)26-21(33)15(7-8-18(28)29)25-22(34)17(11-13-5-3-2-4-6-13)27-20(32)14(24)12-19(30)31/h2-6,14-17H,7-12,24H2,1H3,(H,25,34)(H,26,33)(H,27,32)(H,28,29)(H,30,31)(H,35,36). The first-order valence-corrected chi connectivity index (χ1v) is 12.7. The van der Waals surface area contributed by atoms with E-state index in [0.29, 0.717) is 11.3 Å². The lowest BCUT2D eigenvalue weighted by Crippen LogP contribution is -2.57. The molecule has 4 atom stereocenters. The van der Waals surface area contributed by atoms with E-state index < -0.39 is 72.6 Å². The van der Waals surface area contributed by atoms with Gasteiger partial charge in [0, 0.05) is 12.8 Å². The molecule has 0 spiro atoms. The molecule has 37 heavy (non-hydrogen) atoms. The first kappa shape index (κ1) is 31.4. The molecule has 0 fully saturated rings. The number of rotatable bonds is 17. The molecule has 0 aliphatic heterocycles. The number of amides is 3. The number of carbonyl (C=O) groups excluding carboxylic acids is 3. The van der Waals surface area contributed by atoms with Gasteiger partial charge in [0.1, 0.15) is 18.1 Å². The first-order valence-electron chi connectivity index (χ1n) is 11.3. The van der Waals surface area contributed by atoms with Crippen LogP contribution < -0.4 is 21.7 Å². The normalized spacial score (nSPS) is 13.9. The predicted octanol–water partition coefficient (Wildman–Crippen LogP) is -0.812. The van der Waals surface area contributed by atoms with Crippen LogP contribution in [0.3, 0.4) is 0 Å². The van der Waals surface area contributed by atoms with Gasteiger partial charge in [0.05, 0.1) is 12.5 Å². The maximum absolute atomic E-state index is 13.1. The fourth-order valence-corrected chi connectivity index (χ4v) is 3.66. The number of nitrogens with one attached hydrogen (secondary N) is 3. The Kier molecular flexibility index (Phi) is 13.7. The number of benzene rings is 1. The molecular weight excluding hydrogens is 508 g/mol. The molecule has 4 unspecified atom stereocenters. The second kappa shape index (κ2) is 16.2. The van der Waals surface area contributed by atoms with Crippen LogP contribution in [0.15, 0.2) is 30.3 Å². The zero-order valence-electron chi connectivity index (χ0n) is 20.2. The van der Waals surface area contributed by atoms with Crippen LogP contribution in [0.4, 0.5) is 0 Å². The molecule has 0 saturated heterocycles. The van der Waals surface area contributed by atoms with Crippen LogP contribution in [-0.2, 0) is 35.2 Å². The van der Waals surface area contributed by atoms with Crippen molar-refractivity contribution in [2.45, 2.75) is 56.3 Å². The first-order chi connectivity index (χ1) is 17.4. The molecule has 0 aliphatic rings. The van der Waals surface area contributed by atoms with E-state index in [-0.39, 0.29) is 19.3 Å². The molecule has 8 N–H and O–H groups in total. The van der Waals surface area contributed by atoms with Crippen molar-refractivity contribution in [3.05, 3.63) is 35.9 Å². The van der Waals surface area contributed by atoms with Crippen molar-refractivity contribution >= 4 is 47.4 Å². The van der Waals surface area contributed by atoms with E-state index in [4.69, 9.17) is 15.9 Å². The van der Waals surface area contributed by atoms with Crippen molar-refractivity contribution in [1.82, 2.24) is 16.0 Å². The topological polar surface area (TPSA) is 225 Å². The van der Waals surface area contributed by atoms with E-state index in [2.05, 4.69) is 16.0 Å². The molecule has 14 heteroatoms.